The Bertz CT molecular complexity index is 522. The highest BCUT2D eigenvalue weighted by Crippen LogP contribution is 2.35. The first kappa shape index (κ1) is 13.9. The minimum absolute atomic E-state index is 0.141. The van der Waals surface area contributed by atoms with E-state index in [1.165, 1.54) is 16.7 Å². The minimum atomic E-state index is -0.158. The van der Waals surface area contributed by atoms with Crippen molar-refractivity contribution >= 4 is 29.1 Å². The average Bonchev–Trinajstić information content (AvgIpc) is 2.65. The lowest BCUT2D eigenvalue weighted by atomic mass is 10.1. The molecule has 1 aromatic rings. The second-order valence-electron chi connectivity index (χ2n) is 4.27. The molecule has 0 fully saturated rings. The van der Waals surface area contributed by atoms with Crippen LogP contribution < -0.4 is 0 Å². The molecule has 1 aliphatic rings. The van der Waals surface area contributed by atoms with E-state index in [9.17, 15) is 9.59 Å². The van der Waals surface area contributed by atoms with Gasteiger partial charge in [-0.25, -0.2) is 0 Å². The number of rotatable bonds is 5. The molecule has 2 amide bonds. The summed E-state index contributed by atoms with van der Waals surface area (Å²) in [5.74, 6) is 0.483. The summed E-state index contributed by atoms with van der Waals surface area (Å²) in [6.45, 7) is 4.44. The predicted molar refractivity (Wildman–Crippen MR) is 78.5 cm³/mol. The third-order valence-electron chi connectivity index (χ3n) is 2.92. The zero-order valence-corrected chi connectivity index (χ0v) is 12.0. The van der Waals surface area contributed by atoms with E-state index in [1.54, 1.807) is 0 Å². The number of nitrogens with zero attached hydrogens (tertiary/aromatic N) is 1. The predicted octanol–water partition coefficient (Wildman–Crippen LogP) is 2.93. The normalized spacial score (nSPS) is 15.6. The molecule has 4 heteroatoms. The van der Waals surface area contributed by atoms with Gasteiger partial charge in [0.1, 0.15) is 0 Å². The van der Waals surface area contributed by atoms with Gasteiger partial charge >= 0.3 is 0 Å². The van der Waals surface area contributed by atoms with Crippen LogP contribution in [0.4, 0.5) is 0 Å². The van der Waals surface area contributed by atoms with Gasteiger partial charge < -0.3 is 0 Å². The average molecular weight is 275 g/mol. The lowest BCUT2D eigenvalue weighted by Gasteiger charge is -2.13. The lowest BCUT2D eigenvalue weighted by molar-refractivity contribution is -0.136. The van der Waals surface area contributed by atoms with Crippen molar-refractivity contribution in [2.75, 3.05) is 12.3 Å². The maximum absolute atomic E-state index is 12.4. The molecule has 0 atom stereocenters. The largest absolute Gasteiger partial charge is 0.274 e. The molecule has 1 aromatic carbocycles. The van der Waals surface area contributed by atoms with Gasteiger partial charge in [-0.1, -0.05) is 44.2 Å². The highest BCUT2D eigenvalue weighted by molar-refractivity contribution is 8.04. The molecule has 0 spiro atoms. The molecule has 0 saturated carbocycles. The molecule has 0 aromatic heterocycles. The number of amides is 2. The second-order valence-corrected chi connectivity index (χ2v) is 5.54. The van der Waals surface area contributed by atoms with Crippen LogP contribution in [0.1, 0.15) is 25.8 Å². The lowest BCUT2D eigenvalue weighted by Crippen LogP contribution is -2.32. The van der Waals surface area contributed by atoms with Crippen molar-refractivity contribution in [1.29, 1.82) is 0 Å². The van der Waals surface area contributed by atoms with E-state index in [2.05, 4.69) is 0 Å². The Labute approximate surface area is 117 Å². The summed E-state index contributed by atoms with van der Waals surface area (Å²) in [5.41, 5.74) is 1.39. The smallest absolute Gasteiger partial charge is 0.267 e. The molecule has 2 rings (SSSR count). The van der Waals surface area contributed by atoms with Gasteiger partial charge in [-0.05, 0) is 17.7 Å². The molecule has 1 aliphatic heterocycles. The Kier molecular flexibility index (Phi) is 4.43. The van der Waals surface area contributed by atoms with Gasteiger partial charge in [-0.15, -0.1) is 11.8 Å². The number of thioether (sulfide) groups is 1. The van der Waals surface area contributed by atoms with Crippen molar-refractivity contribution in [3.8, 4) is 0 Å². The summed E-state index contributed by atoms with van der Waals surface area (Å²) < 4.78 is 0. The van der Waals surface area contributed by atoms with Gasteiger partial charge in [0.05, 0.1) is 10.5 Å². The zero-order chi connectivity index (χ0) is 13.8. The molecule has 19 heavy (non-hydrogen) atoms. The van der Waals surface area contributed by atoms with Crippen LogP contribution in [0.2, 0.25) is 0 Å². The first-order valence-corrected chi connectivity index (χ1v) is 7.47. The van der Waals surface area contributed by atoms with E-state index in [-0.39, 0.29) is 11.8 Å². The van der Waals surface area contributed by atoms with Crippen LogP contribution in [-0.2, 0) is 9.59 Å². The first-order chi connectivity index (χ1) is 9.20. The van der Waals surface area contributed by atoms with E-state index < -0.39 is 0 Å². The van der Waals surface area contributed by atoms with Crippen LogP contribution in [-0.4, -0.2) is 29.0 Å². The SMILES string of the molecule is CCCN1C(=O)C(SCC)=C(c2ccccc2)C1=O. The van der Waals surface area contributed by atoms with E-state index >= 15 is 0 Å². The molecule has 1 heterocycles. The molecule has 0 aliphatic carbocycles. The number of carbonyl (C=O) groups is 2. The molecule has 3 nitrogen and oxygen atoms in total. The van der Waals surface area contributed by atoms with Crippen molar-refractivity contribution in [2.45, 2.75) is 20.3 Å². The Morgan fingerprint density at radius 3 is 2.32 bits per heavy atom. The molecule has 0 bridgehead atoms. The molecular weight excluding hydrogens is 258 g/mol. The van der Waals surface area contributed by atoms with Crippen molar-refractivity contribution in [2.24, 2.45) is 0 Å². The summed E-state index contributed by atoms with van der Waals surface area (Å²) in [4.78, 5) is 26.7. The Balaban J connectivity index is 2.46. The van der Waals surface area contributed by atoms with Gasteiger partial charge in [0.25, 0.3) is 11.8 Å². The van der Waals surface area contributed by atoms with Gasteiger partial charge in [-0.2, -0.15) is 0 Å². The summed E-state index contributed by atoms with van der Waals surface area (Å²) in [7, 11) is 0. The van der Waals surface area contributed by atoms with E-state index in [0.29, 0.717) is 17.0 Å². The van der Waals surface area contributed by atoms with Crippen LogP contribution in [0.3, 0.4) is 0 Å². The number of imide groups is 1. The van der Waals surface area contributed by atoms with Crippen molar-refractivity contribution < 1.29 is 9.59 Å². The fraction of sp³-hybridized carbons (Fsp3) is 0.333. The van der Waals surface area contributed by atoms with Crippen LogP contribution >= 0.6 is 11.8 Å². The van der Waals surface area contributed by atoms with E-state index in [4.69, 9.17) is 0 Å². The van der Waals surface area contributed by atoms with Gasteiger partial charge in [0.2, 0.25) is 0 Å². The van der Waals surface area contributed by atoms with E-state index in [1.807, 2.05) is 44.2 Å². The second kappa shape index (κ2) is 6.06. The van der Waals surface area contributed by atoms with Gasteiger partial charge in [0.15, 0.2) is 0 Å². The molecule has 0 unspecified atom stereocenters. The van der Waals surface area contributed by atoms with Crippen molar-refractivity contribution in [3.05, 3.63) is 40.8 Å². The monoisotopic (exact) mass is 275 g/mol. The summed E-state index contributed by atoms with van der Waals surface area (Å²) >= 11 is 1.45. The van der Waals surface area contributed by atoms with Crippen LogP contribution in [0.5, 0.6) is 0 Å². The quantitative estimate of drug-likeness (QED) is 0.775. The molecule has 0 saturated heterocycles. The molecule has 100 valence electrons. The minimum Gasteiger partial charge on any atom is -0.274 e. The standard InChI is InChI=1S/C15H17NO2S/c1-3-10-16-14(17)12(11-8-6-5-7-9-11)13(15(16)18)19-4-2/h5-9H,3-4,10H2,1-2H3. The number of benzene rings is 1. The molecular formula is C15H17NO2S. The highest BCUT2D eigenvalue weighted by atomic mass is 32.2. The number of hydrogen-bond donors (Lipinski definition) is 0. The third-order valence-corrected chi connectivity index (χ3v) is 3.88. The Hall–Kier alpha value is -1.55. The first-order valence-electron chi connectivity index (χ1n) is 6.49. The number of carbonyl (C=O) groups excluding carboxylic acids is 2. The number of hydrogen-bond acceptors (Lipinski definition) is 3. The maximum atomic E-state index is 12.4. The zero-order valence-electron chi connectivity index (χ0n) is 11.2. The summed E-state index contributed by atoms with van der Waals surface area (Å²) in [5, 5.41) is 0. The van der Waals surface area contributed by atoms with Crippen LogP contribution in [0.15, 0.2) is 35.2 Å². The van der Waals surface area contributed by atoms with Crippen molar-refractivity contribution in [1.82, 2.24) is 4.90 Å². The summed E-state index contributed by atoms with van der Waals surface area (Å²) in [6.07, 6.45) is 0.781. The highest BCUT2D eigenvalue weighted by Gasteiger charge is 2.38. The van der Waals surface area contributed by atoms with Crippen LogP contribution in [0, 0.1) is 0 Å². The fourth-order valence-electron chi connectivity index (χ4n) is 2.12. The topological polar surface area (TPSA) is 37.4 Å². The fourth-order valence-corrected chi connectivity index (χ4v) is 2.99. The molecule has 0 N–H and O–H groups in total. The summed E-state index contributed by atoms with van der Waals surface area (Å²) in [6, 6.07) is 9.44. The Morgan fingerprint density at radius 1 is 1.05 bits per heavy atom. The van der Waals surface area contributed by atoms with E-state index in [0.717, 1.165) is 17.7 Å². The van der Waals surface area contributed by atoms with Gasteiger partial charge in [-0.3, -0.25) is 14.5 Å². The Morgan fingerprint density at radius 2 is 1.74 bits per heavy atom. The van der Waals surface area contributed by atoms with Gasteiger partial charge in [0, 0.05) is 6.54 Å². The molecule has 0 radical (unpaired) electrons. The van der Waals surface area contributed by atoms with Crippen molar-refractivity contribution in [3.63, 3.8) is 0 Å². The third kappa shape index (κ3) is 2.59. The van der Waals surface area contributed by atoms with Crippen LogP contribution in [0.25, 0.3) is 5.57 Å². The maximum Gasteiger partial charge on any atom is 0.267 e.